The summed E-state index contributed by atoms with van der Waals surface area (Å²) in [5.74, 6) is 2.32. The summed E-state index contributed by atoms with van der Waals surface area (Å²) in [5.41, 5.74) is 2.67. The number of likely N-dealkylation sites (tertiary alicyclic amines) is 1. The molecule has 5 rings (SSSR count). The highest BCUT2D eigenvalue weighted by atomic mass is 35.5. The number of aromatic nitrogens is 3. The normalized spacial score (nSPS) is 16.4. The lowest BCUT2D eigenvalue weighted by atomic mass is 10.1. The van der Waals surface area contributed by atoms with Gasteiger partial charge in [0.1, 0.15) is 23.9 Å². The number of anilines is 1. The molecule has 2 saturated heterocycles. The van der Waals surface area contributed by atoms with Gasteiger partial charge >= 0.3 is 0 Å². The third-order valence-electron chi connectivity index (χ3n) is 7.38. The maximum atomic E-state index is 6.28. The summed E-state index contributed by atoms with van der Waals surface area (Å²) in [6.45, 7) is 9.47. The van der Waals surface area contributed by atoms with E-state index in [4.69, 9.17) is 33.3 Å². The predicted octanol–water partition coefficient (Wildman–Crippen LogP) is 4.06. The standard InChI is InChI=1S/C28H36ClN7O2S/c1-20-6-7-21(26(29)33-20)18-30-28(39)36-12-10-35(11-13-36)27-22-16-24(37-2)25(17-23(22)31-19-32-27)38-15-14-34-8-4-3-5-9-34/h6-7,16-17,19H,3-5,8-15,18H2,1-2H3,(H,30,39). The predicted molar refractivity (Wildman–Crippen MR) is 159 cm³/mol. The summed E-state index contributed by atoms with van der Waals surface area (Å²) in [4.78, 5) is 20.4. The monoisotopic (exact) mass is 569 g/mol. The number of aryl methyl sites for hydroxylation is 1. The number of hydrogen-bond acceptors (Lipinski definition) is 8. The number of piperazine rings is 1. The zero-order valence-corrected chi connectivity index (χ0v) is 24.2. The lowest BCUT2D eigenvalue weighted by Crippen LogP contribution is -2.51. The fourth-order valence-electron chi connectivity index (χ4n) is 5.13. The largest absolute Gasteiger partial charge is 0.493 e. The van der Waals surface area contributed by atoms with E-state index in [-0.39, 0.29) is 0 Å². The van der Waals surface area contributed by atoms with Crippen molar-refractivity contribution in [3.05, 3.63) is 47.0 Å². The van der Waals surface area contributed by atoms with Gasteiger partial charge in [0.25, 0.3) is 0 Å². The van der Waals surface area contributed by atoms with E-state index in [0.717, 1.165) is 79.5 Å². The molecule has 0 spiro atoms. The molecule has 2 aromatic heterocycles. The molecule has 9 nitrogen and oxygen atoms in total. The number of fused-ring (bicyclic) bond motifs is 1. The summed E-state index contributed by atoms with van der Waals surface area (Å²) in [5, 5.41) is 5.51. The van der Waals surface area contributed by atoms with Crippen LogP contribution in [0.2, 0.25) is 5.15 Å². The number of nitrogens with one attached hydrogen (secondary N) is 1. The van der Waals surface area contributed by atoms with Gasteiger partial charge in [0.15, 0.2) is 16.6 Å². The third kappa shape index (κ3) is 6.80. The van der Waals surface area contributed by atoms with Crippen LogP contribution in [-0.2, 0) is 6.54 Å². The molecule has 0 saturated carbocycles. The van der Waals surface area contributed by atoms with Crippen LogP contribution in [-0.4, -0.2) is 89.4 Å². The van der Waals surface area contributed by atoms with Crippen molar-refractivity contribution in [2.24, 2.45) is 0 Å². The van der Waals surface area contributed by atoms with E-state index in [1.165, 1.54) is 19.3 Å². The molecule has 4 heterocycles. The molecule has 0 unspecified atom stereocenters. The molecule has 2 fully saturated rings. The molecule has 2 aliphatic heterocycles. The molecule has 3 aromatic rings. The molecular weight excluding hydrogens is 534 g/mol. The first kappa shape index (κ1) is 27.6. The van der Waals surface area contributed by atoms with E-state index < -0.39 is 0 Å². The Morgan fingerprint density at radius 2 is 1.82 bits per heavy atom. The van der Waals surface area contributed by atoms with E-state index in [2.05, 4.69) is 35.0 Å². The van der Waals surface area contributed by atoms with Gasteiger partial charge in [0.05, 0.1) is 12.6 Å². The molecule has 11 heteroatoms. The van der Waals surface area contributed by atoms with Crippen molar-refractivity contribution in [1.29, 1.82) is 0 Å². The van der Waals surface area contributed by atoms with E-state index in [1.807, 2.05) is 31.2 Å². The topological polar surface area (TPSA) is 78.9 Å². The highest BCUT2D eigenvalue weighted by Gasteiger charge is 2.23. The molecule has 39 heavy (non-hydrogen) atoms. The Morgan fingerprint density at radius 3 is 2.56 bits per heavy atom. The first-order valence-electron chi connectivity index (χ1n) is 13.6. The SMILES string of the molecule is COc1cc2c(N3CCN(C(=S)NCc4ccc(C)nc4Cl)CC3)ncnc2cc1OCCN1CCCCC1. The third-order valence-corrected chi connectivity index (χ3v) is 8.10. The van der Waals surface area contributed by atoms with E-state index in [1.54, 1.807) is 13.4 Å². The molecule has 208 valence electrons. The first-order valence-corrected chi connectivity index (χ1v) is 14.4. The molecule has 0 amide bonds. The minimum atomic E-state index is 0.511. The van der Waals surface area contributed by atoms with Crippen molar-refractivity contribution in [2.75, 3.05) is 64.4 Å². The number of halogens is 1. The fourth-order valence-corrected chi connectivity index (χ4v) is 5.65. The van der Waals surface area contributed by atoms with Crippen LogP contribution in [0.4, 0.5) is 5.82 Å². The van der Waals surface area contributed by atoms with Crippen molar-refractivity contribution in [1.82, 2.24) is 30.1 Å². The number of rotatable bonds is 8. The summed E-state index contributed by atoms with van der Waals surface area (Å²) in [6.07, 6.45) is 5.50. The Balaban J connectivity index is 1.20. The summed E-state index contributed by atoms with van der Waals surface area (Å²) < 4.78 is 11.9. The molecule has 0 atom stereocenters. The van der Waals surface area contributed by atoms with E-state index >= 15 is 0 Å². The second kappa shape index (κ2) is 12.9. The Bertz CT molecular complexity index is 1300. The smallest absolute Gasteiger partial charge is 0.169 e. The van der Waals surface area contributed by atoms with Crippen LogP contribution in [0.25, 0.3) is 10.9 Å². The van der Waals surface area contributed by atoms with Gasteiger partial charge in [-0.05, 0) is 57.2 Å². The Morgan fingerprint density at radius 1 is 1.03 bits per heavy atom. The van der Waals surface area contributed by atoms with Gasteiger partial charge in [-0.25, -0.2) is 15.0 Å². The number of hydrogen-bond donors (Lipinski definition) is 1. The first-order chi connectivity index (χ1) is 19.0. The number of methoxy groups -OCH3 is 1. The maximum Gasteiger partial charge on any atom is 0.169 e. The lowest BCUT2D eigenvalue weighted by molar-refractivity contribution is 0.181. The van der Waals surface area contributed by atoms with Gasteiger partial charge < -0.3 is 24.6 Å². The van der Waals surface area contributed by atoms with Crippen molar-refractivity contribution in [3.63, 3.8) is 0 Å². The van der Waals surface area contributed by atoms with E-state index in [9.17, 15) is 0 Å². The molecular formula is C28H36ClN7O2S. The van der Waals surface area contributed by atoms with Crippen LogP contribution in [0, 0.1) is 6.92 Å². The molecule has 0 bridgehead atoms. The summed E-state index contributed by atoms with van der Waals surface area (Å²) >= 11 is 11.9. The van der Waals surface area contributed by atoms with Crippen molar-refractivity contribution >= 4 is 45.7 Å². The van der Waals surface area contributed by atoms with Crippen molar-refractivity contribution < 1.29 is 9.47 Å². The average Bonchev–Trinajstić information content (AvgIpc) is 2.96. The highest BCUT2D eigenvalue weighted by molar-refractivity contribution is 7.80. The van der Waals surface area contributed by atoms with Crippen LogP contribution < -0.4 is 19.7 Å². The highest BCUT2D eigenvalue weighted by Crippen LogP contribution is 2.35. The minimum absolute atomic E-state index is 0.511. The molecule has 1 N–H and O–H groups in total. The molecule has 0 aliphatic carbocycles. The van der Waals surface area contributed by atoms with Gasteiger partial charge in [-0.15, -0.1) is 0 Å². The number of piperidine rings is 1. The van der Waals surface area contributed by atoms with Crippen molar-refractivity contribution in [3.8, 4) is 11.5 Å². The average molecular weight is 570 g/mol. The second-order valence-electron chi connectivity index (χ2n) is 10.0. The number of pyridine rings is 1. The maximum absolute atomic E-state index is 6.28. The van der Waals surface area contributed by atoms with Gasteiger partial charge in [-0.1, -0.05) is 24.1 Å². The number of thiocarbonyl (C=S) groups is 1. The van der Waals surface area contributed by atoms with Crippen molar-refractivity contribution in [2.45, 2.75) is 32.7 Å². The quantitative estimate of drug-likeness (QED) is 0.317. The fraction of sp³-hybridized carbons (Fsp3) is 0.500. The summed E-state index contributed by atoms with van der Waals surface area (Å²) in [7, 11) is 1.68. The van der Waals surface area contributed by atoms with Crippen LogP contribution >= 0.6 is 23.8 Å². The minimum Gasteiger partial charge on any atom is -0.493 e. The summed E-state index contributed by atoms with van der Waals surface area (Å²) in [6, 6.07) is 7.91. The lowest BCUT2D eigenvalue weighted by Gasteiger charge is -2.37. The van der Waals surface area contributed by atoms with Gasteiger partial charge in [0.2, 0.25) is 0 Å². The molecule has 0 radical (unpaired) electrons. The molecule has 1 aromatic carbocycles. The van der Waals surface area contributed by atoms with Gasteiger partial charge in [0, 0.05) is 62.0 Å². The van der Waals surface area contributed by atoms with Gasteiger partial charge in [-0.2, -0.15) is 0 Å². The van der Waals surface area contributed by atoms with Crippen LogP contribution in [0.3, 0.4) is 0 Å². The van der Waals surface area contributed by atoms with Gasteiger partial charge in [-0.3, -0.25) is 4.90 Å². The zero-order valence-electron chi connectivity index (χ0n) is 22.7. The van der Waals surface area contributed by atoms with Crippen LogP contribution in [0.1, 0.15) is 30.5 Å². The Labute approximate surface area is 240 Å². The Kier molecular flexibility index (Phi) is 9.16. The number of ether oxygens (including phenoxy) is 2. The number of nitrogens with zero attached hydrogens (tertiary/aromatic N) is 6. The Hall–Kier alpha value is -2.95. The number of benzene rings is 1. The molecule has 2 aliphatic rings. The van der Waals surface area contributed by atoms with Crippen LogP contribution in [0.5, 0.6) is 11.5 Å². The zero-order chi connectivity index (χ0) is 27.2. The second-order valence-corrected chi connectivity index (χ2v) is 10.7. The van der Waals surface area contributed by atoms with Crippen LogP contribution in [0.15, 0.2) is 30.6 Å². The van der Waals surface area contributed by atoms with E-state index in [0.29, 0.717) is 29.2 Å².